The van der Waals surface area contributed by atoms with Crippen LogP contribution in [0.3, 0.4) is 0 Å². The summed E-state index contributed by atoms with van der Waals surface area (Å²) in [5, 5.41) is 10.3. The molecule has 4 heteroatoms. The first-order valence-electron chi connectivity index (χ1n) is 6.91. The first-order chi connectivity index (χ1) is 9.41. The molecule has 0 fully saturated rings. The van der Waals surface area contributed by atoms with E-state index in [2.05, 4.69) is 23.4 Å². The molecule has 1 N–H and O–H groups in total. The van der Waals surface area contributed by atoms with Crippen LogP contribution in [0.25, 0.3) is 0 Å². The van der Waals surface area contributed by atoms with Crippen LogP contribution in [0.1, 0.15) is 42.4 Å². The number of phenolic OH excluding ortho intramolecular Hbond substituents is 1. The summed E-state index contributed by atoms with van der Waals surface area (Å²) in [5.74, 6) is 1.22. The normalized spacial score (nSPS) is 11.3. The third-order valence-electron chi connectivity index (χ3n) is 3.79. The van der Waals surface area contributed by atoms with Crippen molar-refractivity contribution in [2.24, 2.45) is 0 Å². The number of nitrogens with zero attached hydrogens (tertiary/aromatic N) is 2. The van der Waals surface area contributed by atoms with Crippen LogP contribution in [0.4, 0.5) is 0 Å². The fourth-order valence-corrected chi connectivity index (χ4v) is 2.77. The molecular weight excluding hydrogens is 272 g/mol. The first kappa shape index (κ1) is 14.9. The van der Waals surface area contributed by atoms with Crippen LogP contribution in [0.15, 0.2) is 18.5 Å². The molecule has 2 aromatic rings. The molecule has 1 aromatic heterocycles. The molecule has 0 atom stereocenters. The maximum absolute atomic E-state index is 9.85. The number of benzene rings is 1. The lowest BCUT2D eigenvalue weighted by molar-refractivity contribution is 0.474. The van der Waals surface area contributed by atoms with Crippen LogP contribution in [-0.2, 0) is 12.8 Å². The Hall–Kier alpha value is -1.48. The summed E-state index contributed by atoms with van der Waals surface area (Å²) in [6.45, 7) is 8.32. The molecule has 0 aliphatic heterocycles. The smallest absolute Gasteiger partial charge is 0.134 e. The molecule has 0 amide bonds. The van der Waals surface area contributed by atoms with Crippen LogP contribution in [0.2, 0.25) is 5.02 Å². The van der Waals surface area contributed by atoms with Gasteiger partial charge in [-0.1, -0.05) is 11.6 Å². The van der Waals surface area contributed by atoms with Gasteiger partial charge in [-0.05, 0) is 56.9 Å². The number of phenols is 1. The van der Waals surface area contributed by atoms with E-state index in [9.17, 15) is 5.11 Å². The molecule has 108 valence electrons. The van der Waals surface area contributed by atoms with E-state index in [1.807, 2.05) is 26.2 Å². The summed E-state index contributed by atoms with van der Waals surface area (Å²) >= 11 is 6.24. The second-order valence-electron chi connectivity index (χ2n) is 5.47. The monoisotopic (exact) mass is 292 g/mol. The van der Waals surface area contributed by atoms with Crippen LogP contribution in [-0.4, -0.2) is 14.7 Å². The van der Waals surface area contributed by atoms with Crippen molar-refractivity contribution in [2.45, 2.75) is 46.6 Å². The number of aromatic hydroxyl groups is 1. The second kappa shape index (κ2) is 5.88. The number of aryl methyl sites for hydroxylation is 2. The van der Waals surface area contributed by atoms with Gasteiger partial charge in [-0.2, -0.15) is 0 Å². The standard InChI is InChI=1S/C16H21ClN2O/c1-10(2)19-8-7-18-15(19)6-5-13-12(4)11(3)9-14(20)16(13)17/h7-10,20H,5-6H2,1-4H3. The van der Waals surface area contributed by atoms with E-state index < -0.39 is 0 Å². The molecule has 0 aliphatic rings. The highest BCUT2D eigenvalue weighted by molar-refractivity contribution is 6.32. The Labute approximate surface area is 125 Å². The van der Waals surface area contributed by atoms with Crippen molar-refractivity contribution in [1.29, 1.82) is 0 Å². The molecule has 0 saturated carbocycles. The largest absolute Gasteiger partial charge is 0.506 e. The fourth-order valence-electron chi connectivity index (χ4n) is 2.48. The predicted octanol–water partition coefficient (Wildman–Crippen LogP) is 4.23. The molecule has 0 aliphatic carbocycles. The zero-order chi connectivity index (χ0) is 14.9. The van der Waals surface area contributed by atoms with Gasteiger partial charge in [0.1, 0.15) is 11.6 Å². The third kappa shape index (κ3) is 2.83. The molecule has 0 radical (unpaired) electrons. The van der Waals surface area contributed by atoms with Gasteiger partial charge in [-0.15, -0.1) is 0 Å². The summed E-state index contributed by atoms with van der Waals surface area (Å²) in [6, 6.07) is 2.12. The van der Waals surface area contributed by atoms with Crippen LogP contribution < -0.4 is 0 Å². The molecule has 20 heavy (non-hydrogen) atoms. The molecule has 0 unspecified atom stereocenters. The van der Waals surface area contributed by atoms with Gasteiger partial charge in [0.05, 0.1) is 5.02 Å². The SMILES string of the molecule is Cc1cc(O)c(Cl)c(CCc2nccn2C(C)C)c1C. The van der Waals surface area contributed by atoms with E-state index in [0.29, 0.717) is 11.1 Å². The van der Waals surface area contributed by atoms with Crippen molar-refractivity contribution >= 4 is 11.6 Å². The van der Waals surface area contributed by atoms with Gasteiger partial charge in [-0.25, -0.2) is 4.98 Å². The van der Waals surface area contributed by atoms with Crippen molar-refractivity contribution in [3.8, 4) is 5.75 Å². The maximum atomic E-state index is 9.85. The second-order valence-corrected chi connectivity index (χ2v) is 5.85. The van der Waals surface area contributed by atoms with Gasteiger partial charge in [0.2, 0.25) is 0 Å². The fraction of sp³-hybridized carbons (Fsp3) is 0.438. The molecule has 0 bridgehead atoms. The number of hydrogen-bond donors (Lipinski definition) is 1. The Morgan fingerprint density at radius 2 is 2.00 bits per heavy atom. The zero-order valence-corrected chi connectivity index (χ0v) is 13.2. The van der Waals surface area contributed by atoms with Crippen molar-refractivity contribution in [2.75, 3.05) is 0 Å². The summed E-state index contributed by atoms with van der Waals surface area (Å²) in [5.41, 5.74) is 3.23. The predicted molar refractivity (Wildman–Crippen MR) is 82.6 cm³/mol. The zero-order valence-electron chi connectivity index (χ0n) is 12.4. The molecule has 1 heterocycles. The lowest BCUT2D eigenvalue weighted by Crippen LogP contribution is -2.07. The van der Waals surface area contributed by atoms with E-state index in [1.165, 1.54) is 0 Å². The Morgan fingerprint density at radius 3 is 2.65 bits per heavy atom. The average Bonchev–Trinajstić information content (AvgIpc) is 2.85. The van der Waals surface area contributed by atoms with E-state index in [4.69, 9.17) is 11.6 Å². The number of hydrogen-bond acceptors (Lipinski definition) is 2. The Bertz CT molecular complexity index is 591. The Balaban J connectivity index is 2.25. The molecular formula is C16H21ClN2O. The molecule has 2 rings (SSSR count). The van der Waals surface area contributed by atoms with Crippen LogP contribution in [0.5, 0.6) is 5.75 Å². The molecule has 0 saturated heterocycles. The van der Waals surface area contributed by atoms with E-state index in [1.54, 1.807) is 6.07 Å². The highest BCUT2D eigenvalue weighted by atomic mass is 35.5. The minimum absolute atomic E-state index is 0.164. The maximum Gasteiger partial charge on any atom is 0.134 e. The van der Waals surface area contributed by atoms with Gasteiger partial charge < -0.3 is 9.67 Å². The van der Waals surface area contributed by atoms with Crippen molar-refractivity contribution < 1.29 is 5.11 Å². The number of rotatable bonds is 4. The molecule has 1 aromatic carbocycles. The summed E-state index contributed by atoms with van der Waals surface area (Å²) in [4.78, 5) is 4.41. The van der Waals surface area contributed by atoms with E-state index >= 15 is 0 Å². The van der Waals surface area contributed by atoms with Gasteiger partial charge in [-0.3, -0.25) is 0 Å². The van der Waals surface area contributed by atoms with Gasteiger partial charge in [0, 0.05) is 24.9 Å². The molecule has 3 nitrogen and oxygen atoms in total. The third-order valence-corrected chi connectivity index (χ3v) is 4.21. The summed E-state index contributed by atoms with van der Waals surface area (Å²) in [7, 11) is 0. The van der Waals surface area contributed by atoms with E-state index in [0.717, 1.165) is 35.4 Å². The number of aromatic nitrogens is 2. The molecule has 0 spiro atoms. The van der Waals surface area contributed by atoms with Gasteiger partial charge in [0.25, 0.3) is 0 Å². The number of imidazole rings is 1. The van der Waals surface area contributed by atoms with Crippen LogP contribution >= 0.6 is 11.6 Å². The topological polar surface area (TPSA) is 38.1 Å². The Morgan fingerprint density at radius 1 is 1.30 bits per heavy atom. The highest BCUT2D eigenvalue weighted by Crippen LogP contribution is 2.32. The average molecular weight is 293 g/mol. The van der Waals surface area contributed by atoms with E-state index in [-0.39, 0.29) is 5.75 Å². The lowest BCUT2D eigenvalue weighted by atomic mass is 9.98. The van der Waals surface area contributed by atoms with Gasteiger partial charge >= 0.3 is 0 Å². The van der Waals surface area contributed by atoms with Crippen molar-refractivity contribution in [3.05, 3.63) is 46.0 Å². The summed E-state index contributed by atoms with van der Waals surface area (Å²) in [6.07, 6.45) is 5.43. The van der Waals surface area contributed by atoms with Crippen molar-refractivity contribution in [1.82, 2.24) is 9.55 Å². The lowest BCUT2D eigenvalue weighted by Gasteiger charge is -2.14. The minimum Gasteiger partial charge on any atom is -0.506 e. The van der Waals surface area contributed by atoms with Gasteiger partial charge in [0.15, 0.2) is 0 Å². The highest BCUT2D eigenvalue weighted by Gasteiger charge is 2.13. The first-order valence-corrected chi connectivity index (χ1v) is 7.28. The summed E-state index contributed by atoms with van der Waals surface area (Å²) < 4.78 is 2.17. The Kier molecular flexibility index (Phi) is 4.39. The minimum atomic E-state index is 0.164. The van der Waals surface area contributed by atoms with Crippen LogP contribution in [0, 0.1) is 13.8 Å². The quantitative estimate of drug-likeness (QED) is 0.916. The number of halogens is 1. The van der Waals surface area contributed by atoms with Crippen molar-refractivity contribution in [3.63, 3.8) is 0 Å².